The highest BCUT2D eigenvalue weighted by molar-refractivity contribution is 6.04. The van der Waals surface area contributed by atoms with Gasteiger partial charge in [-0.2, -0.15) is 9.37 Å². The molecule has 0 atom stereocenters. The lowest BCUT2D eigenvalue weighted by Crippen LogP contribution is -2.25. The monoisotopic (exact) mass is 585 g/mol. The summed E-state index contributed by atoms with van der Waals surface area (Å²) in [7, 11) is 0. The van der Waals surface area contributed by atoms with Crippen LogP contribution in [0.25, 0.3) is 16.8 Å². The van der Waals surface area contributed by atoms with Gasteiger partial charge in [-0.3, -0.25) is 14.8 Å². The van der Waals surface area contributed by atoms with Crippen molar-refractivity contribution in [3.8, 4) is 22.7 Å². The Bertz CT molecular complexity index is 1720. The van der Waals surface area contributed by atoms with Crippen LogP contribution in [0, 0.1) is 30.0 Å². The van der Waals surface area contributed by atoms with E-state index in [-0.39, 0.29) is 40.5 Å². The van der Waals surface area contributed by atoms with Crippen molar-refractivity contribution in [1.82, 2.24) is 19.9 Å². The number of pyridine rings is 1. The number of allylic oxidation sites excluding steroid dienone is 1. The van der Waals surface area contributed by atoms with Gasteiger partial charge in [0.15, 0.2) is 5.82 Å². The summed E-state index contributed by atoms with van der Waals surface area (Å²) < 4.78 is 30.8. The van der Waals surface area contributed by atoms with E-state index in [1.54, 1.807) is 18.3 Å². The summed E-state index contributed by atoms with van der Waals surface area (Å²) in [6.07, 6.45) is 5.61. The lowest BCUT2D eigenvalue weighted by Gasteiger charge is -2.22. The molecular weight excluding hydrogens is 548 g/mol. The normalized spacial score (nSPS) is 11.4. The van der Waals surface area contributed by atoms with Gasteiger partial charge in [-0.25, -0.2) is 9.37 Å². The van der Waals surface area contributed by atoms with Gasteiger partial charge in [0.1, 0.15) is 5.82 Å². The molecule has 2 aromatic carbocycles. The fourth-order valence-electron chi connectivity index (χ4n) is 5.01. The minimum atomic E-state index is -0.708. The first-order chi connectivity index (χ1) is 20.6. The van der Waals surface area contributed by atoms with Crippen molar-refractivity contribution >= 4 is 5.71 Å². The average Bonchev–Trinajstić information content (AvgIpc) is 2.98. The Morgan fingerprint density at radius 3 is 2.42 bits per heavy atom. The number of para-hydroxylation sites is 1. The van der Waals surface area contributed by atoms with Crippen LogP contribution in [0.1, 0.15) is 61.3 Å². The van der Waals surface area contributed by atoms with Gasteiger partial charge in [0.25, 0.3) is 5.56 Å². The summed E-state index contributed by atoms with van der Waals surface area (Å²) in [4.78, 5) is 21.3. The SMILES string of the molecule is CCc1cccc(CC)c1-n1c(C(=N)/C=C\NCC(C)C)nc(=O)c(Cc2ccc(-c3ccnc(F)c3C)c(F)c2)c1O. The highest BCUT2D eigenvalue weighted by Gasteiger charge is 2.23. The third-order valence-corrected chi connectivity index (χ3v) is 7.33. The summed E-state index contributed by atoms with van der Waals surface area (Å²) in [6.45, 7) is 10.4. The van der Waals surface area contributed by atoms with E-state index < -0.39 is 17.3 Å². The topological polar surface area (TPSA) is 104 Å². The standard InChI is InChI=1S/C34H37F2N5O2/c1-6-23-9-8-10-24(7-2)30(23)41-32(29(37)14-15-38-19-20(3)4)40-33(42)27(34(41)43)17-22-11-12-26(28(35)18-22)25-13-16-39-31(36)21(25)5/h8-16,18,20,37-38,43H,6-7,17,19H2,1-5H3/b15-14-,37-29?. The highest BCUT2D eigenvalue weighted by Crippen LogP contribution is 2.31. The van der Waals surface area contributed by atoms with Gasteiger partial charge in [0.2, 0.25) is 11.8 Å². The molecule has 2 heterocycles. The van der Waals surface area contributed by atoms with E-state index in [1.165, 1.54) is 35.9 Å². The number of aromatic hydroxyl groups is 1. The largest absolute Gasteiger partial charge is 0.494 e. The zero-order valence-electron chi connectivity index (χ0n) is 25.1. The van der Waals surface area contributed by atoms with Gasteiger partial charge in [-0.15, -0.1) is 0 Å². The summed E-state index contributed by atoms with van der Waals surface area (Å²) in [5.74, 6) is -1.22. The lowest BCUT2D eigenvalue weighted by atomic mass is 9.98. The summed E-state index contributed by atoms with van der Waals surface area (Å²) in [6, 6.07) is 11.8. The van der Waals surface area contributed by atoms with Gasteiger partial charge in [-0.1, -0.05) is 58.0 Å². The predicted octanol–water partition coefficient (Wildman–Crippen LogP) is 6.43. The molecule has 4 rings (SSSR count). The van der Waals surface area contributed by atoms with Crippen molar-refractivity contribution in [3.05, 3.63) is 117 Å². The van der Waals surface area contributed by atoms with Crippen LogP contribution in [-0.2, 0) is 19.3 Å². The van der Waals surface area contributed by atoms with Gasteiger partial charge in [0, 0.05) is 30.3 Å². The van der Waals surface area contributed by atoms with Crippen molar-refractivity contribution in [2.45, 2.75) is 53.9 Å². The average molecular weight is 586 g/mol. The van der Waals surface area contributed by atoms with Crippen molar-refractivity contribution in [2.24, 2.45) is 5.92 Å². The van der Waals surface area contributed by atoms with Crippen LogP contribution < -0.4 is 10.9 Å². The molecule has 0 aliphatic rings. The second-order valence-electron chi connectivity index (χ2n) is 10.8. The molecule has 7 nitrogen and oxygen atoms in total. The van der Waals surface area contributed by atoms with Crippen molar-refractivity contribution < 1.29 is 13.9 Å². The third kappa shape index (κ3) is 6.71. The molecule has 0 saturated heterocycles. The molecule has 0 fully saturated rings. The number of rotatable bonds is 11. The first-order valence-corrected chi connectivity index (χ1v) is 14.4. The zero-order chi connectivity index (χ0) is 31.3. The van der Waals surface area contributed by atoms with E-state index in [9.17, 15) is 14.3 Å². The predicted molar refractivity (Wildman–Crippen MR) is 166 cm³/mol. The maximum Gasteiger partial charge on any atom is 0.280 e. The van der Waals surface area contributed by atoms with E-state index in [1.807, 2.05) is 32.0 Å². The number of aryl methyl sites for hydroxylation is 2. The number of halogens is 2. The van der Waals surface area contributed by atoms with Crippen molar-refractivity contribution in [1.29, 1.82) is 5.41 Å². The number of nitrogens with zero attached hydrogens (tertiary/aromatic N) is 3. The Balaban J connectivity index is 1.84. The summed E-state index contributed by atoms with van der Waals surface area (Å²) >= 11 is 0. The molecule has 0 radical (unpaired) electrons. The Kier molecular flexibility index (Phi) is 9.85. The molecule has 3 N–H and O–H groups in total. The van der Waals surface area contributed by atoms with E-state index in [4.69, 9.17) is 5.41 Å². The van der Waals surface area contributed by atoms with Crippen LogP contribution in [-0.4, -0.2) is 31.9 Å². The molecule has 0 aliphatic heterocycles. The van der Waals surface area contributed by atoms with Crippen LogP contribution in [0.2, 0.25) is 0 Å². The van der Waals surface area contributed by atoms with E-state index in [0.29, 0.717) is 42.1 Å². The van der Waals surface area contributed by atoms with Gasteiger partial charge in [-0.05, 0) is 72.3 Å². The minimum Gasteiger partial charge on any atom is -0.494 e. The maximum absolute atomic E-state index is 15.3. The van der Waals surface area contributed by atoms with E-state index >= 15 is 4.39 Å². The van der Waals surface area contributed by atoms with Crippen LogP contribution in [0.5, 0.6) is 5.88 Å². The molecule has 0 unspecified atom stereocenters. The van der Waals surface area contributed by atoms with E-state index in [0.717, 1.165) is 11.1 Å². The smallest absolute Gasteiger partial charge is 0.280 e. The molecular formula is C34H37F2N5O2. The number of hydrogen-bond donors (Lipinski definition) is 3. The quantitative estimate of drug-likeness (QED) is 0.139. The Morgan fingerprint density at radius 2 is 1.79 bits per heavy atom. The highest BCUT2D eigenvalue weighted by atomic mass is 19.1. The first kappa shape index (κ1) is 31.3. The molecule has 2 aromatic heterocycles. The second-order valence-corrected chi connectivity index (χ2v) is 10.8. The number of hydrogen-bond acceptors (Lipinski definition) is 6. The fraction of sp³-hybridized carbons (Fsp3) is 0.294. The maximum atomic E-state index is 15.3. The lowest BCUT2D eigenvalue weighted by molar-refractivity contribution is 0.426. The summed E-state index contributed by atoms with van der Waals surface area (Å²) in [5.41, 5.74) is 2.94. The molecule has 0 amide bonds. The number of aromatic nitrogens is 3. The van der Waals surface area contributed by atoms with Crippen molar-refractivity contribution in [3.63, 3.8) is 0 Å². The van der Waals surface area contributed by atoms with Crippen LogP contribution in [0.3, 0.4) is 0 Å². The van der Waals surface area contributed by atoms with Gasteiger partial charge in [0.05, 0.1) is 17.0 Å². The summed E-state index contributed by atoms with van der Waals surface area (Å²) in [5, 5.41) is 23.6. The third-order valence-electron chi connectivity index (χ3n) is 7.33. The number of benzene rings is 2. The van der Waals surface area contributed by atoms with Gasteiger partial charge < -0.3 is 10.4 Å². The van der Waals surface area contributed by atoms with Crippen LogP contribution >= 0.6 is 0 Å². The molecule has 0 spiro atoms. The molecule has 0 aliphatic carbocycles. The minimum absolute atomic E-state index is 0.00108. The molecule has 0 saturated carbocycles. The molecule has 43 heavy (non-hydrogen) atoms. The Hall–Kier alpha value is -4.66. The van der Waals surface area contributed by atoms with Crippen LogP contribution in [0.4, 0.5) is 8.78 Å². The Morgan fingerprint density at radius 1 is 1.09 bits per heavy atom. The number of nitrogens with one attached hydrogen (secondary N) is 2. The van der Waals surface area contributed by atoms with Crippen molar-refractivity contribution in [2.75, 3.05) is 6.54 Å². The molecule has 224 valence electrons. The van der Waals surface area contributed by atoms with Gasteiger partial charge >= 0.3 is 0 Å². The zero-order valence-corrected chi connectivity index (χ0v) is 25.1. The molecule has 9 heteroatoms. The second kappa shape index (κ2) is 13.5. The Labute approximate surface area is 250 Å². The molecule has 0 bridgehead atoms. The van der Waals surface area contributed by atoms with Crippen LogP contribution in [0.15, 0.2) is 65.7 Å². The fourth-order valence-corrected chi connectivity index (χ4v) is 5.01. The first-order valence-electron chi connectivity index (χ1n) is 14.4. The molecule has 4 aromatic rings. The van der Waals surface area contributed by atoms with E-state index in [2.05, 4.69) is 29.1 Å².